The summed E-state index contributed by atoms with van der Waals surface area (Å²) in [6, 6.07) is 3.80. The maximum atomic E-state index is 12.4. The molecule has 0 spiro atoms. The van der Waals surface area contributed by atoms with Crippen molar-refractivity contribution < 1.29 is 23.9 Å². The van der Waals surface area contributed by atoms with Crippen molar-refractivity contribution in [3.63, 3.8) is 0 Å². The van der Waals surface area contributed by atoms with Gasteiger partial charge >= 0.3 is 6.03 Å². The fraction of sp³-hybridized carbons (Fsp3) is 0.500. The molecule has 2 N–H and O–H groups in total. The predicted molar refractivity (Wildman–Crippen MR) is 103 cm³/mol. The number of benzene rings is 1. The summed E-state index contributed by atoms with van der Waals surface area (Å²) in [4.78, 5) is 37.7. The van der Waals surface area contributed by atoms with E-state index in [9.17, 15) is 14.4 Å². The number of carbonyl (C=O) groups is 3. The third kappa shape index (κ3) is 5.06. The number of imide groups is 1. The molecule has 148 valence electrons. The highest BCUT2D eigenvalue weighted by Gasteiger charge is 2.38. The Morgan fingerprint density at radius 3 is 2.70 bits per heavy atom. The average molecular weight is 395 g/mol. The third-order valence-electron chi connectivity index (χ3n) is 4.30. The molecule has 0 aromatic heterocycles. The zero-order valence-electron chi connectivity index (χ0n) is 15.9. The lowest BCUT2D eigenvalue weighted by molar-refractivity contribution is -0.132. The van der Waals surface area contributed by atoms with E-state index in [-0.39, 0.29) is 12.5 Å². The van der Waals surface area contributed by atoms with Crippen LogP contribution in [-0.2, 0) is 9.59 Å². The van der Waals surface area contributed by atoms with E-state index in [1.165, 1.54) is 0 Å². The number of nitrogens with one attached hydrogen (secondary N) is 2. The molecule has 27 heavy (non-hydrogen) atoms. The van der Waals surface area contributed by atoms with Gasteiger partial charge in [0.1, 0.15) is 24.1 Å². The molecule has 0 saturated carbocycles. The van der Waals surface area contributed by atoms with Gasteiger partial charge in [-0.1, -0.05) is 0 Å². The number of methoxy groups -OCH3 is 2. The molecule has 1 fully saturated rings. The van der Waals surface area contributed by atoms with Gasteiger partial charge in [0, 0.05) is 5.56 Å². The number of ether oxygens (including phenoxy) is 2. The fourth-order valence-corrected chi connectivity index (χ4v) is 3.32. The monoisotopic (exact) mass is 395 g/mol. The van der Waals surface area contributed by atoms with Crippen LogP contribution in [0.5, 0.6) is 11.5 Å². The molecule has 9 heteroatoms. The van der Waals surface area contributed by atoms with Gasteiger partial charge in [-0.15, -0.1) is 0 Å². The van der Waals surface area contributed by atoms with Gasteiger partial charge in [0.05, 0.1) is 20.3 Å². The second kappa shape index (κ2) is 9.50. The molecule has 1 saturated heterocycles. The Bertz CT molecular complexity index is 712. The lowest BCUT2D eigenvalue weighted by atomic mass is 10.1. The molecule has 4 amide bonds. The van der Waals surface area contributed by atoms with Crippen LogP contribution >= 0.6 is 11.8 Å². The Hall–Kier alpha value is -2.42. The number of rotatable bonds is 9. The Balaban J connectivity index is 2.01. The van der Waals surface area contributed by atoms with E-state index >= 15 is 0 Å². The Labute approximate surface area is 162 Å². The summed E-state index contributed by atoms with van der Waals surface area (Å²) in [6.45, 7) is 1.47. The lowest BCUT2D eigenvalue weighted by Crippen LogP contribution is -2.41. The Morgan fingerprint density at radius 1 is 1.33 bits per heavy atom. The van der Waals surface area contributed by atoms with Gasteiger partial charge in [0.2, 0.25) is 5.91 Å². The van der Waals surface area contributed by atoms with Crippen LogP contribution in [0.1, 0.15) is 24.9 Å². The van der Waals surface area contributed by atoms with Crippen LogP contribution in [0.25, 0.3) is 0 Å². The van der Waals surface area contributed by atoms with Gasteiger partial charge in [-0.2, -0.15) is 11.8 Å². The molecule has 0 unspecified atom stereocenters. The zero-order valence-corrected chi connectivity index (χ0v) is 16.7. The quantitative estimate of drug-likeness (QED) is 0.616. The summed E-state index contributed by atoms with van der Waals surface area (Å²) in [5, 5.41) is 5.42. The number of urea groups is 1. The van der Waals surface area contributed by atoms with Gasteiger partial charge in [0.15, 0.2) is 0 Å². The first-order chi connectivity index (χ1) is 12.9. The maximum absolute atomic E-state index is 12.4. The summed E-state index contributed by atoms with van der Waals surface area (Å²) in [7, 11) is 3.10. The minimum absolute atomic E-state index is 0.322. The van der Waals surface area contributed by atoms with E-state index < -0.39 is 24.0 Å². The number of amides is 4. The van der Waals surface area contributed by atoms with Crippen molar-refractivity contribution in [2.45, 2.75) is 25.4 Å². The van der Waals surface area contributed by atoms with Crippen LogP contribution in [0.4, 0.5) is 4.79 Å². The van der Waals surface area contributed by atoms with E-state index in [1.807, 2.05) is 6.26 Å². The molecule has 0 aliphatic carbocycles. The van der Waals surface area contributed by atoms with Crippen LogP contribution in [0.15, 0.2) is 18.2 Å². The van der Waals surface area contributed by atoms with Crippen molar-refractivity contribution in [1.82, 2.24) is 15.5 Å². The van der Waals surface area contributed by atoms with Crippen LogP contribution in [-0.4, -0.2) is 61.6 Å². The van der Waals surface area contributed by atoms with Crippen molar-refractivity contribution in [3.05, 3.63) is 23.8 Å². The highest BCUT2D eigenvalue weighted by Crippen LogP contribution is 2.29. The molecule has 1 aromatic carbocycles. The molecule has 1 heterocycles. The maximum Gasteiger partial charge on any atom is 0.325 e. The van der Waals surface area contributed by atoms with Crippen LogP contribution in [0.2, 0.25) is 0 Å². The van der Waals surface area contributed by atoms with Gasteiger partial charge in [0.25, 0.3) is 5.91 Å². The van der Waals surface area contributed by atoms with E-state index in [0.29, 0.717) is 17.9 Å². The van der Waals surface area contributed by atoms with Crippen molar-refractivity contribution >= 4 is 29.6 Å². The predicted octanol–water partition coefficient (Wildman–Crippen LogP) is 1.55. The summed E-state index contributed by atoms with van der Waals surface area (Å²) < 4.78 is 10.5. The number of thioether (sulfide) groups is 1. The minimum Gasteiger partial charge on any atom is -0.497 e. The summed E-state index contributed by atoms with van der Waals surface area (Å²) in [5.41, 5.74) is 0.736. The first-order valence-corrected chi connectivity index (χ1v) is 9.92. The molecular weight excluding hydrogens is 370 g/mol. The molecule has 0 radical (unpaired) electrons. The highest BCUT2D eigenvalue weighted by molar-refractivity contribution is 7.98. The van der Waals surface area contributed by atoms with E-state index in [2.05, 4.69) is 10.6 Å². The average Bonchev–Trinajstić information content (AvgIpc) is 2.93. The number of hydrogen-bond acceptors (Lipinski definition) is 6. The minimum atomic E-state index is -0.561. The largest absolute Gasteiger partial charge is 0.497 e. The van der Waals surface area contributed by atoms with E-state index in [4.69, 9.17) is 9.47 Å². The number of carbonyl (C=O) groups excluding carboxylic acids is 3. The zero-order chi connectivity index (χ0) is 20.0. The van der Waals surface area contributed by atoms with Crippen molar-refractivity contribution in [2.24, 2.45) is 0 Å². The molecule has 8 nitrogen and oxygen atoms in total. The van der Waals surface area contributed by atoms with E-state index in [0.717, 1.165) is 16.2 Å². The second-order valence-electron chi connectivity index (χ2n) is 6.11. The molecule has 2 atom stereocenters. The van der Waals surface area contributed by atoms with Crippen LogP contribution in [0, 0.1) is 0 Å². The third-order valence-corrected chi connectivity index (χ3v) is 4.94. The summed E-state index contributed by atoms with van der Waals surface area (Å²) in [6.07, 6.45) is 2.47. The van der Waals surface area contributed by atoms with Gasteiger partial charge in [-0.3, -0.25) is 14.5 Å². The second-order valence-corrected chi connectivity index (χ2v) is 7.09. The van der Waals surface area contributed by atoms with Crippen molar-refractivity contribution in [1.29, 1.82) is 0 Å². The SMILES string of the molecule is COc1ccc(OC)c([C@@H](C)NC(=O)CN2C(=O)N[C@@H](CCSC)C2=O)c1. The lowest BCUT2D eigenvalue weighted by Gasteiger charge is -2.20. The van der Waals surface area contributed by atoms with Gasteiger partial charge in [-0.05, 0) is 43.6 Å². The summed E-state index contributed by atoms with van der Waals surface area (Å²) >= 11 is 1.60. The fourth-order valence-electron chi connectivity index (χ4n) is 2.84. The highest BCUT2D eigenvalue weighted by atomic mass is 32.2. The Kier molecular flexibility index (Phi) is 7.35. The molecule has 2 rings (SSSR count). The molecule has 1 aliphatic heterocycles. The molecule has 0 bridgehead atoms. The molecule has 1 aliphatic rings. The topological polar surface area (TPSA) is 97.0 Å². The first-order valence-electron chi connectivity index (χ1n) is 8.53. The Morgan fingerprint density at radius 2 is 2.07 bits per heavy atom. The standard InChI is InChI=1S/C18H25N3O5S/c1-11(13-9-12(25-2)5-6-15(13)26-3)19-16(22)10-21-17(23)14(7-8-27-4)20-18(21)24/h5-6,9,11,14H,7-8,10H2,1-4H3,(H,19,22)(H,20,24)/t11-,14+/m1/s1. The van der Waals surface area contributed by atoms with Gasteiger partial charge < -0.3 is 20.1 Å². The number of nitrogens with zero attached hydrogens (tertiary/aromatic N) is 1. The molecule has 1 aromatic rings. The van der Waals surface area contributed by atoms with E-state index in [1.54, 1.807) is 51.1 Å². The number of hydrogen-bond donors (Lipinski definition) is 2. The normalized spacial score (nSPS) is 17.5. The van der Waals surface area contributed by atoms with Crippen LogP contribution < -0.4 is 20.1 Å². The van der Waals surface area contributed by atoms with Gasteiger partial charge in [-0.25, -0.2) is 4.79 Å². The van der Waals surface area contributed by atoms with Crippen LogP contribution in [0.3, 0.4) is 0 Å². The van der Waals surface area contributed by atoms with Crippen molar-refractivity contribution in [2.75, 3.05) is 32.8 Å². The first kappa shape index (κ1) is 20.9. The molecular formula is C18H25N3O5S. The smallest absolute Gasteiger partial charge is 0.325 e. The summed E-state index contributed by atoms with van der Waals surface area (Å²) in [5.74, 6) is 1.20. The van der Waals surface area contributed by atoms with Crippen molar-refractivity contribution in [3.8, 4) is 11.5 Å².